The number of ether oxygens (including phenoxy) is 1. The molecule has 3 aromatic rings. The van der Waals surface area contributed by atoms with Crippen molar-refractivity contribution in [3.8, 4) is 17.2 Å². The SMILES string of the molecule is CC(=O)[C@H]1CCNCC1CCc1ccc(OCCc2nc(-c3ccccc3)oc2C)cc1. The summed E-state index contributed by atoms with van der Waals surface area (Å²) in [6.07, 6.45) is 3.68. The Morgan fingerprint density at radius 2 is 1.91 bits per heavy atom. The van der Waals surface area contributed by atoms with E-state index in [0.29, 0.717) is 30.6 Å². The third-order valence-electron chi connectivity index (χ3n) is 6.38. The van der Waals surface area contributed by atoms with Crippen molar-refractivity contribution in [3.05, 3.63) is 71.6 Å². The van der Waals surface area contributed by atoms with E-state index in [-0.39, 0.29) is 5.92 Å². The Morgan fingerprint density at radius 1 is 1.12 bits per heavy atom. The number of Topliss-reactive ketones (excluding diaryl/α,β-unsaturated/α-hetero) is 1. The Bertz CT molecular complexity index is 1010. The molecule has 5 nitrogen and oxygen atoms in total. The van der Waals surface area contributed by atoms with E-state index in [4.69, 9.17) is 9.15 Å². The fourth-order valence-electron chi connectivity index (χ4n) is 4.50. The number of carbonyl (C=O) groups excluding carboxylic acids is 1. The van der Waals surface area contributed by atoms with Gasteiger partial charge in [-0.05, 0) is 81.9 Å². The number of aromatic nitrogens is 1. The summed E-state index contributed by atoms with van der Waals surface area (Å²) in [7, 11) is 0. The van der Waals surface area contributed by atoms with Gasteiger partial charge in [0.05, 0.1) is 12.3 Å². The standard InChI is InChI=1S/C27H32N2O3/c1-19(30)25-14-16-28-18-23(25)11-8-21-9-12-24(13-10-21)31-17-15-26-20(2)32-27(29-26)22-6-4-3-5-7-22/h3-7,9-10,12-13,23,25,28H,8,11,14-18H2,1-2H3/t23?,25-/m1/s1. The van der Waals surface area contributed by atoms with E-state index < -0.39 is 0 Å². The van der Waals surface area contributed by atoms with Gasteiger partial charge in [0.25, 0.3) is 0 Å². The number of carbonyl (C=O) groups is 1. The van der Waals surface area contributed by atoms with Crippen molar-refractivity contribution in [1.29, 1.82) is 0 Å². The molecule has 32 heavy (non-hydrogen) atoms. The lowest BCUT2D eigenvalue weighted by Crippen LogP contribution is -2.39. The van der Waals surface area contributed by atoms with Gasteiger partial charge in [0.1, 0.15) is 17.3 Å². The molecule has 4 rings (SSSR count). The summed E-state index contributed by atoms with van der Waals surface area (Å²) in [5.41, 5.74) is 3.20. The fraction of sp³-hybridized carbons (Fsp3) is 0.407. The zero-order valence-electron chi connectivity index (χ0n) is 19.0. The summed E-state index contributed by atoms with van der Waals surface area (Å²) >= 11 is 0. The molecular formula is C27H32N2O3. The molecule has 1 aliphatic heterocycles. The predicted octanol–water partition coefficient (Wildman–Crippen LogP) is 5.02. The maximum Gasteiger partial charge on any atom is 0.226 e. The van der Waals surface area contributed by atoms with Crippen molar-refractivity contribution in [3.63, 3.8) is 0 Å². The first kappa shape index (κ1) is 22.3. The number of piperidine rings is 1. The van der Waals surface area contributed by atoms with Gasteiger partial charge in [0.15, 0.2) is 0 Å². The van der Waals surface area contributed by atoms with Gasteiger partial charge in [-0.2, -0.15) is 0 Å². The third-order valence-corrected chi connectivity index (χ3v) is 6.38. The third kappa shape index (κ3) is 5.65. The highest BCUT2D eigenvalue weighted by Gasteiger charge is 2.27. The molecular weight excluding hydrogens is 400 g/mol. The average molecular weight is 433 g/mol. The lowest BCUT2D eigenvalue weighted by Gasteiger charge is -2.30. The van der Waals surface area contributed by atoms with Gasteiger partial charge in [-0.25, -0.2) is 4.98 Å². The summed E-state index contributed by atoms with van der Waals surface area (Å²) < 4.78 is 11.8. The van der Waals surface area contributed by atoms with Crippen LogP contribution in [0.4, 0.5) is 0 Å². The molecule has 0 spiro atoms. The Labute approximate surface area is 190 Å². The number of aryl methyl sites for hydroxylation is 2. The van der Waals surface area contributed by atoms with Crippen molar-refractivity contribution in [1.82, 2.24) is 10.3 Å². The van der Waals surface area contributed by atoms with Crippen LogP contribution in [0.1, 0.15) is 36.8 Å². The number of ketones is 1. The van der Waals surface area contributed by atoms with Crippen LogP contribution in [0, 0.1) is 18.8 Å². The molecule has 5 heteroatoms. The Hall–Kier alpha value is -2.92. The molecule has 1 N–H and O–H groups in total. The molecule has 168 valence electrons. The topological polar surface area (TPSA) is 64.4 Å². The molecule has 2 atom stereocenters. The van der Waals surface area contributed by atoms with Crippen LogP contribution in [0.3, 0.4) is 0 Å². The number of oxazole rings is 1. The lowest BCUT2D eigenvalue weighted by atomic mass is 9.80. The second-order valence-electron chi connectivity index (χ2n) is 8.64. The van der Waals surface area contributed by atoms with Gasteiger partial charge in [-0.3, -0.25) is 4.79 Å². The summed E-state index contributed by atoms with van der Waals surface area (Å²) in [5, 5.41) is 3.43. The second-order valence-corrected chi connectivity index (χ2v) is 8.64. The normalized spacial score (nSPS) is 18.4. The second kappa shape index (κ2) is 10.6. The van der Waals surface area contributed by atoms with E-state index in [1.165, 1.54) is 5.56 Å². The molecule has 1 aliphatic rings. The highest BCUT2D eigenvalue weighted by Crippen LogP contribution is 2.26. The Morgan fingerprint density at radius 3 is 2.66 bits per heavy atom. The fourth-order valence-corrected chi connectivity index (χ4v) is 4.50. The van der Waals surface area contributed by atoms with E-state index >= 15 is 0 Å². The van der Waals surface area contributed by atoms with Gasteiger partial charge in [-0.15, -0.1) is 0 Å². The van der Waals surface area contributed by atoms with Gasteiger partial charge in [0.2, 0.25) is 5.89 Å². The van der Waals surface area contributed by atoms with E-state index in [0.717, 1.165) is 55.1 Å². The number of hydrogen-bond acceptors (Lipinski definition) is 5. The van der Waals surface area contributed by atoms with E-state index in [9.17, 15) is 4.79 Å². The van der Waals surface area contributed by atoms with Gasteiger partial charge in [0, 0.05) is 17.9 Å². The summed E-state index contributed by atoms with van der Waals surface area (Å²) in [6, 6.07) is 18.3. The smallest absolute Gasteiger partial charge is 0.226 e. The van der Waals surface area contributed by atoms with Crippen LogP contribution in [0.15, 0.2) is 59.0 Å². The van der Waals surface area contributed by atoms with E-state index in [1.807, 2.05) is 49.4 Å². The van der Waals surface area contributed by atoms with Crippen LogP contribution in [0.2, 0.25) is 0 Å². The van der Waals surface area contributed by atoms with Gasteiger partial charge < -0.3 is 14.5 Å². The molecule has 1 fully saturated rings. The molecule has 2 heterocycles. The van der Waals surface area contributed by atoms with Crippen molar-refractivity contribution in [2.45, 2.75) is 39.5 Å². The number of nitrogens with one attached hydrogen (secondary N) is 1. The van der Waals surface area contributed by atoms with Crippen LogP contribution < -0.4 is 10.1 Å². The maximum absolute atomic E-state index is 11.9. The van der Waals surface area contributed by atoms with E-state index in [2.05, 4.69) is 22.4 Å². The largest absolute Gasteiger partial charge is 0.493 e. The minimum absolute atomic E-state index is 0.209. The Balaban J connectivity index is 1.26. The first-order valence-electron chi connectivity index (χ1n) is 11.5. The van der Waals surface area contributed by atoms with Crippen molar-refractivity contribution in [2.24, 2.45) is 11.8 Å². The minimum atomic E-state index is 0.209. The summed E-state index contributed by atoms with van der Waals surface area (Å²) in [5.74, 6) is 3.33. The zero-order valence-corrected chi connectivity index (χ0v) is 19.0. The molecule has 0 amide bonds. The Kier molecular flexibility index (Phi) is 7.38. The van der Waals surface area contributed by atoms with Crippen LogP contribution in [-0.4, -0.2) is 30.5 Å². The van der Waals surface area contributed by atoms with Crippen molar-refractivity contribution >= 4 is 5.78 Å². The zero-order chi connectivity index (χ0) is 22.3. The predicted molar refractivity (Wildman–Crippen MR) is 126 cm³/mol. The maximum atomic E-state index is 11.9. The molecule has 1 saturated heterocycles. The molecule has 2 aromatic carbocycles. The van der Waals surface area contributed by atoms with Crippen LogP contribution in [0.25, 0.3) is 11.5 Å². The highest BCUT2D eigenvalue weighted by atomic mass is 16.5. The van der Waals surface area contributed by atoms with Crippen LogP contribution in [0.5, 0.6) is 5.75 Å². The van der Waals surface area contributed by atoms with Crippen LogP contribution >= 0.6 is 0 Å². The number of nitrogens with zero attached hydrogens (tertiary/aromatic N) is 1. The molecule has 1 aromatic heterocycles. The first-order chi connectivity index (χ1) is 15.6. The molecule has 1 unspecified atom stereocenters. The molecule has 0 aliphatic carbocycles. The molecule has 0 saturated carbocycles. The lowest BCUT2D eigenvalue weighted by molar-refractivity contribution is -0.123. The summed E-state index contributed by atoms with van der Waals surface area (Å²) in [6.45, 7) is 6.13. The number of benzene rings is 2. The quantitative estimate of drug-likeness (QED) is 0.514. The minimum Gasteiger partial charge on any atom is -0.493 e. The first-order valence-corrected chi connectivity index (χ1v) is 11.5. The number of hydrogen-bond donors (Lipinski definition) is 1. The van der Waals surface area contributed by atoms with Crippen molar-refractivity contribution in [2.75, 3.05) is 19.7 Å². The van der Waals surface area contributed by atoms with E-state index in [1.54, 1.807) is 6.92 Å². The van der Waals surface area contributed by atoms with Gasteiger partial charge >= 0.3 is 0 Å². The highest BCUT2D eigenvalue weighted by molar-refractivity contribution is 5.78. The summed E-state index contributed by atoms with van der Waals surface area (Å²) in [4.78, 5) is 16.5. The van der Waals surface area contributed by atoms with Crippen molar-refractivity contribution < 1.29 is 13.9 Å². The number of rotatable bonds is 9. The van der Waals surface area contributed by atoms with Gasteiger partial charge in [-0.1, -0.05) is 30.3 Å². The molecule has 0 radical (unpaired) electrons. The monoisotopic (exact) mass is 432 g/mol. The van der Waals surface area contributed by atoms with Crippen LogP contribution in [-0.2, 0) is 17.6 Å². The molecule has 0 bridgehead atoms. The average Bonchev–Trinajstić information content (AvgIpc) is 3.19.